The van der Waals surface area contributed by atoms with E-state index in [1.807, 2.05) is 29.2 Å². The fraction of sp³-hybridized carbons (Fsp3) is 0.0714. The highest BCUT2D eigenvalue weighted by molar-refractivity contribution is 5.99. The molecule has 0 atom stereocenters. The third kappa shape index (κ3) is 3.38. The zero-order valence-electron chi connectivity index (χ0n) is 12.3. The van der Waals surface area contributed by atoms with Gasteiger partial charge >= 0.3 is 5.69 Å². The quantitative estimate of drug-likeness (QED) is 0.316. The Morgan fingerprint density at radius 1 is 1.29 bits per heavy atom. The number of amides is 1. The lowest BCUT2D eigenvalue weighted by Crippen LogP contribution is -2.31. The lowest BCUT2D eigenvalue weighted by Gasteiger charge is -2.02. The van der Waals surface area contributed by atoms with Crippen molar-refractivity contribution in [2.24, 2.45) is 5.10 Å². The van der Waals surface area contributed by atoms with Gasteiger partial charge in [0.25, 0.3) is 11.5 Å². The summed E-state index contributed by atoms with van der Waals surface area (Å²) in [5, 5.41) is 12.9. The van der Waals surface area contributed by atoms with E-state index in [4.69, 9.17) is 0 Å². The van der Waals surface area contributed by atoms with Gasteiger partial charge in [-0.3, -0.25) is 14.6 Å². The molecule has 0 aliphatic rings. The van der Waals surface area contributed by atoms with Gasteiger partial charge in [0.2, 0.25) is 5.82 Å². The molecule has 10 heteroatoms. The Hall–Kier alpha value is -3.69. The second-order valence-corrected chi connectivity index (χ2v) is 4.79. The minimum Gasteiger partial charge on any atom is -0.361 e. The van der Waals surface area contributed by atoms with Crippen LogP contribution in [0.5, 0.6) is 0 Å². The van der Waals surface area contributed by atoms with Crippen molar-refractivity contribution in [2.75, 3.05) is 11.9 Å². The van der Waals surface area contributed by atoms with Gasteiger partial charge in [-0.25, -0.2) is 15.3 Å². The molecule has 0 aliphatic carbocycles. The van der Waals surface area contributed by atoms with Crippen LogP contribution in [0.15, 0.2) is 45.2 Å². The molecule has 0 bridgehead atoms. The minimum absolute atomic E-state index is 0.162. The average molecular weight is 327 g/mol. The molecule has 0 saturated heterocycles. The number of benzene rings is 1. The number of nitrogens with zero attached hydrogens (tertiary/aromatic N) is 2. The van der Waals surface area contributed by atoms with E-state index in [9.17, 15) is 14.4 Å². The molecule has 122 valence electrons. The van der Waals surface area contributed by atoms with Crippen LogP contribution in [0, 0.1) is 0 Å². The van der Waals surface area contributed by atoms with Crippen LogP contribution < -0.4 is 22.0 Å². The van der Waals surface area contributed by atoms with Crippen molar-refractivity contribution >= 4 is 28.8 Å². The highest BCUT2D eigenvalue weighted by atomic mass is 16.2. The lowest BCUT2D eigenvalue weighted by atomic mass is 10.2. The third-order valence-corrected chi connectivity index (χ3v) is 3.14. The number of aromatic amines is 3. The zero-order chi connectivity index (χ0) is 16.9. The molecule has 5 N–H and O–H groups in total. The fourth-order valence-corrected chi connectivity index (χ4v) is 2.05. The second kappa shape index (κ2) is 6.60. The molecule has 0 spiro atoms. The molecule has 2 heterocycles. The molecule has 2 aromatic heterocycles. The second-order valence-electron chi connectivity index (χ2n) is 4.79. The predicted molar refractivity (Wildman–Crippen MR) is 88.0 cm³/mol. The molecule has 3 rings (SSSR count). The summed E-state index contributed by atoms with van der Waals surface area (Å²) >= 11 is 0. The van der Waals surface area contributed by atoms with Gasteiger partial charge in [0, 0.05) is 22.7 Å². The number of carbonyl (C=O) groups is 1. The van der Waals surface area contributed by atoms with E-state index in [2.05, 4.69) is 31.0 Å². The van der Waals surface area contributed by atoms with Crippen molar-refractivity contribution in [2.45, 2.75) is 0 Å². The lowest BCUT2D eigenvalue weighted by molar-refractivity contribution is -0.119. The molecular weight excluding hydrogens is 314 g/mol. The number of hydrogen-bond donors (Lipinski definition) is 5. The van der Waals surface area contributed by atoms with E-state index in [1.165, 1.54) is 6.21 Å². The van der Waals surface area contributed by atoms with Gasteiger partial charge in [-0.05, 0) is 6.07 Å². The monoisotopic (exact) mass is 327 g/mol. The van der Waals surface area contributed by atoms with Gasteiger partial charge in [-0.15, -0.1) is 5.10 Å². The predicted octanol–water partition coefficient (Wildman–Crippen LogP) is -0.498. The first-order valence-corrected chi connectivity index (χ1v) is 6.94. The summed E-state index contributed by atoms with van der Waals surface area (Å²) < 4.78 is 0. The van der Waals surface area contributed by atoms with Crippen LogP contribution in [0.1, 0.15) is 5.56 Å². The summed E-state index contributed by atoms with van der Waals surface area (Å²) in [6.45, 7) is -0.229. The largest absolute Gasteiger partial charge is 0.361 e. The summed E-state index contributed by atoms with van der Waals surface area (Å²) in [4.78, 5) is 39.0. The standard InChI is InChI=1S/C14H13N7O3/c22-11(7-16-12-13(23)18-14(24)21-20-12)19-17-6-8-5-15-10-4-2-1-3-9(8)10/h1-6,15H,7H2,(H,16,20)(H,19,22)(H2,18,21,23,24)/b17-6-. The number of aromatic nitrogens is 4. The van der Waals surface area contributed by atoms with Gasteiger partial charge in [0.1, 0.15) is 0 Å². The summed E-state index contributed by atoms with van der Waals surface area (Å²) in [7, 11) is 0. The van der Waals surface area contributed by atoms with Crippen molar-refractivity contribution in [3.05, 3.63) is 56.9 Å². The Labute approximate surface area is 134 Å². The molecule has 3 aromatic rings. The smallest absolute Gasteiger partial charge is 0.342 e. The molecule has 0 aliphatic heterocycles. The van der Waals surface area contributed by atoms with Crippen molar-refractivity contribution < 1.29 is 4.79 Å². The number of nitrogens with one attached hydrogen (secondary N) is 5. The normalized spacial score (nSPS) is 11.0. The minimum atomic E-state index is -0.724. The van der Waals surface area contributed by atoms with Crippen LogP contribution in [-0.2, 0) is 4.79 Å². The molecule has 0 saturated carbocycles. The SMILES string of the molecule is O=C(CNc1n[nH]c(=O)[nH]c1=O)N/N=C\c1c[nH]c2ccccc12. The number of hydrogen-bond acceptors (Lipinski definition) is 6. The van der Waals surface area contributed by atoms with Crippen LogP contribution in [0.4, 0.5) is 5.82 Å². The molecule has 0 radical (unpaired) electrons. The van der Waals surface area contributed by atoms with Crippen LogP contribution in [0.25, 0.3) is 10.9 Å². The molecule has 0 fully saturated rings. The van der Waals surface area contributed by atoms with Gasteiger partial charge in [-0.2, -0.15) is 5.10 Å². The first-order valence-electron chi connectivity index (χ1n) is 6.94. The van der Waals surface area contributed by atoms with Gasteiger partial charge in [0.05, 0.1) is 12.8 Å². The van der Waals surface area contributed by atoms with Crippen molar-refractivity contribution in [3.8, 4) is 0 Å². The Morgan fingerprint density at radius 3 is 2.96 bits per heavy atom. The molecule has 1 amide bonds. The molecule has 0 unspecified atom stereocenters. The van der Waals surface area contributed by atoms with Crippen molar-refractivity contribution in [1.82, 2.24) is 25.6 Å². The van der Waals surface area contributed by atoms with Crippen molar-refractivity contribution in [1.29, 1.82) is 0 Å². The summed E-state index contributed by atoms with van der Waals surface area (Å²) in [6.07, 6.45) is 3.30. The average Bonchev–Trinajstić information content (AvgIpc) is 2.97. The molecule has 10 nitrogen and oxygen atoms in total. The van der Waals surface area contributed by atoms with Crippen LogP contribution in [0.2, 0.25) is 0 Å². The fourth-order valence-electron chi connectivity index (χ4n) is 2.05. The number of fused-ring (bicyclic) bond motifs is 1. The topological polar surface area (TPSA) is 148 Å². The Balaban J connectivity index is 1.57. The maximum Gasteiger partial charge on any atom is 0.342 e. The molecule has 24 heavy (non-hydrogen) atoms. The van der Waals surface area contributed by atoms with Gasteiger partial charge < -0.3 is 10.3 Å². The highest BCUT2D eigenvalue weighted by Crippen LogP contribution is 2.15. The van der Waals surface area contributed by atoms with E-state index in [0.29, 0.717) is 0 Å². The van der Waals surface area contributed by atoms with E-state index in [-0.39, 0.29) is 12.4 Å². The number of para-hydroxylation sites is 1. The first kappa shape index (κ1) is 15.2. The summed E-state index contributed by atoms with van der Waals surface area (Å²) in [5.74, 6) is -0.635. The van der Waals surface area contributed by atoms with Crippen LogP contribution >= 0.6 is 0 Å². The number of anilines is 1. The Kier molecular flexibility index (Phi) is 4.19. The number of hydrazone groups is 1. The molecular formula is C14H13N7O3. The van der Waals surface area contributed by atoms with E-state index in [0.717, 1.165) is 16.5 Å². The molecule has 1 aromatic carbocycles. The number of rotatable bonds is 5. The van der Waals surface area contributed by atoms with Crippen LogP contribution in [0.3, 0.4) is 0 Å². The van der Waals surface area contributed by atoms with E-state index < -0.39 is 17.2 Å². The highest BCUT2D eigenvalue weighted by Gasteiger charge is 2.05. The van der Waals surface area contributed by atoms with Gasteiger partial charge in [-0.1, -0.05) is 18.2 Å². The maximum atomic E-state index is 11.7. The van der Waals surface area contributed by atoms with Gasteiger partial charge in [0.15, 0.2) is 0 Å². The van der Waals surface area contributed by atoms with Crippen molar-refractivity contribution in [3.63, 3.8) is 0 Å². The maximum absolute atomic E-state index is 11.7. The number of carbonyl (C=O) groups excluding carboxylic acids is 1. The third-order valence-electron chi connectivity index (χ3n) is 3.14. The van der Waals surface area contributed by atoms with E-state index >= 15 is 0 Å². The number of H-pyrrole nitrogens is 3. The summed E-state index contributed by atoms with van der Waals surface area (Å²) in [6, 6.07) is 7.69. The first-order chi connectivity index (χ1) is 11.6. The summed E-state index contributed by atoms with van der Waals surface area (Å²) in [5.41, 5.74) is 2.69. The zero-order valence-corrected chi connectivity index (χ0v) is 12.3. The Bertz CT molecular complexity index is 1010. The van der Waals surface area contributed by atoms with E-state index in [1.54, 1.807) is 6.20 Å². The Morgan fingerprint density at radius 2 is 2.12 bits per heavy atom. The van der Waals surface area contributed by atoms with Crippen LogP contribution in [-0.4, -0.2) is 38.8 Å².